The Balaban J connectivity index is 1.95. The number of aromatic hydroxyl groups is 1. The SMILES string of the molecule is O=C(CSc1nccs1)c1ccc(O)cc1. The second-order valence-electron chi connectivity index (χ2n) is 3.06. The third kappa shape index (κ3) is 2.84. The molecule has 1 aromatic carbocycles. The van der Waals surface area contributed by atoms with E-state index < -0.39 is 0 Å². The summed E-state index contributed by atoms with van der Waals surface area (Å²) in [6.45, 7) is 0. The summed E-state index contributed by atoms with van der Waals surface area (Å²) in [7, 11) is 0. The van der Waals surface area contributed by atoms with E-state index in [-0.39, 0.29) is 11.5 Å². The van der Waals surface area contributed by atoms with Crippen LogP contribution in [0, 0.1) is 0 Å². The number of nitrogens with zero attached hydrogens (tertiary/aromatic N) is 1. The van der Waals surface area contributed by atoms with Gasteiger partial charge in [-0.25, -0.2) is 4.98 Å². The number of thioether (sulfide) groups is 1. The molecule has 0 bridgehead atoms. The van der Waals surface area contributed by atoms with Crippen molar-refractivity contribution in [2.24, 2.45) is 0 Å². The average molecular weight is 251 g/mol. The van der Waals surface area contributed by atoms with Crippen LogP contribution in [0.15, 0.2) is 40.2 Å². The lowest BCUT2D eigenvalue weighted by molar-refractivity contribution is 0.102. The highest BCUT2D eigenvalue weighted by Crippen LogP contribution is 2.21. The number of hydrogen-bond donors (Lipinski definition) is 1. The molecule has 0 radical (unpaired) electrons. The van der Waals surface area contributed by atoms with Crippen molar-refractivity contribution in [2.75, 3.05) is 5.75 Å². The predicted molar refractivity (Wildman–Crippen MR) is 65.3 cm³/mol. The van der Waals surface area contributed by atoms with Crippen LogP contribution >= 0.6 is 23.1 Å². The van der Waals surface area contributed by atoms with E-state index in [2.05, 4.69) is 4.98 Å². The van der Waals surface area contributed by atoms with E-state index in [1.54, 1.807) is 18.3 Å². The fraction of sp³-hybridized carbons (Fsp3) is 0.0909. The van der Waals surface area contributed by atoms with Gasteiger partial charge in [0, 0.05) is 17.1 Å². The highest BCUT2D eigenvalue weighted by atomic mass is 32.2. The second-order valence-corrected chi connectivity index (χ2v) is 5.17. The molecule has 0 saturated heterocycles. The topological polar surface area (TPSA) is 50.2 Å². The van der Waals surface area contributed by atoms with E-state index >= 15 is 0 Å². The van der Waals surface area contributed by atoms with Crippen molar-refractivity contribution < 1.29 is 9.90 Å². The number of phenolic OH excluding ortho intramolecular Hbond substituents is 1. The van der Waals surface area contributed by atoms with E-state index in [0.29, 0.717) is 11.3 Å². The molecular formula is C11H9NO2S2. The zero-order chi connectivity index (χ0) is 11.4. The number of hydrogen-bond acceptors (Lipinski definition) is 5. The van der Waals surface area contributed by atoms with Gasteiger partial charge in [-0.05, 0) is 24.3 Å². The van der Waals surface area contributed by atoms with Gasteiger partial charge in [0.1, 0.15) is 10.1 Å². The molecule has 16 heavy (non-hydrogen) atoms. The summed E-state index contributed by atoms with van der Waals surface area (Å²) in [6, 6.07) is 6.28. The van der Waals surface area contributed by atoms with Crippen molar-refractivity contribution in [1.29, 1.82) is 0 Å². The van der Waals surface area contributed by atoms with Gasteiger partial charge in [0.2, 0.25) is 0 Å². The molecule has 0 aliphatic heterocycles. The second kappa shape index (κ2) is 5.14. The standard InChI is InChI=1S/C11H9NO2S2/c13-9-3-1-8(2-4-9)10(14)7-16-11-12-5-6-15-11/h1-6,13H,7H2. The van der Waals surface area contributed by atoms with E-state index in [1.165, 1.54) is 35.2 Å². The molecule has 0 spiro atoms. The van der Waals surface area contributed by atoms with E-state index in [9.17, 15) is 4.79 Å². The highest BCUT2D eigenvalue weighted by molar-refractivity contribution is 8.01. The quantitative estimate of drug-likeness (QED) is 0.670. The van der Waals surface area contributed by atoms with Crippen LogP contribution in [0.5, 0.6) is 5.75 Å². The van der Waals surface area contributed by atoms with Gasteiger partial charge in [0.15, 0.2) is 5.78 Å². The molecule has 2 rings (SSSR count). The number of carbonyl (C=O) groups excluding carboxylic acids is 1. The van der Waals surface area contributed by atoms with Gasteiger partial charge in [-0.15, -0.1) is 11.3 Å². The Morgan fingerprint density at radius 1 is 1.38 bits per heavy atom. The van der Waals surface area contributed by atoms with Crippen molar-refractivity contribution in [1.82, 2.24) is 4.98 Å². The van der Waals surface area contributed by atoms with Gasteiger partial charge in [-0.1, -0.05) is 11.8 Å². The largest absolute Gasteiger partial charge is 0.508 e. The first-order chi connectivity index (χ1) is 7.75. The smallest absolute Gasteiger partial charge is 0.173 e. The van der Waals surface area contributed by atoms with Gasteiger partial charge < -0.3 is 5.11 Å². The Hall–Kier alpha value is -1.33. The van der Waals surface area contributed by atoms with Crippen molar-refractivity contribution in [3.05, 3.63) is 41.4 Å². The van der Waals surface area contributed by atoms with Crippen LogP contribution in [0.25, 0.3) is 0 Å². The number of ketones is 1. The van der Waals surface area contributed by atoms with Gasteiger partial charge >= 0.3 is 0 Å². The number of carbonyl (C=O) groups is 1. The third-order valence-corrected chi connectivity index (χ3v) is 3.89. The molecule has 0 aliphatic rings. The molecule has 1 N–H and O–H groups in total. The Labute approximate surface area is 101 Å². The fourth-order valence-corrected chi connectivity index (χ4v) is 2.67. The number of rotatable bonds is 4. The van der Waals surface area contributed by atoms with Gasteiger partial charge in [0.25, 0.3) is 0 Å². The van der Waals surface area contributed by atoms with Gasteiger partial charge in [-0.2, -0.15) is 0 Å². The number of Topliss-reactive ketones (excluding diaryl/α,β-unsaturated/α-hetero) is 1. The Morgan fingerprint density at radius 3 is 2.75 bits per heavy atom. The molecule has 0 atom stereocenters. The Kier molecular flexibility index (Phi) is 3.58. The summed E-state index contributed by atoms with van der Waals surface area (Å²) in [6.07, 6.45) is 1.72. The lowest BCUT2D eigenvalue weighted by Gasteiger charge is -1.99. The maximum absolute atomic E-state index is 11.7. The molecule has 1 heterocycles. The van der Waals surface area contributed by atoms with Crippen LogP contribution in [-0.4, -0.2) is 21.6 Å². The van der Waals surface area contributed by atoms with Crippen LogP contribution in [0.2, 0.25) is 0 Å². The van der Waals surface area contributed by atoms with E-state index in [0.717, 1.165) is 4.34 Å². The molecular weight excluding hydrogens is 242 g/mol. The maximum atomic E-state index is 11.7. The van der Waals surface area contributed by atoms with Crippen LogP contribution < -0.4 is 0 Å². The van der Waals surface area contributed by atoms with E-state index in [1.807, 2.05) is 5.38 Å². The zero-order valence-electron chi connectivity index (χ0n) is 8.29. The van der Waals surface area contributed by atoms with Crippen molar-refractivity contribution in [3.8, 4) is 5.75 Å². The van der Waals surface area contributed by atoms with Gasteiger partial charge in [-0.3, -0.25) is 4.79 Å². The third-order valence-electron chi connectivity index (χ3n) is 1.93. The molecule has 5 heteroatoms. The summed E-state index contributed by atoms with van der Waals surface area (Å²) in [5, 5.41) is 11.0. The van der Waals surface area contributed by atoms with Crippen LogP contribution in [-0.2, 0) is 0 Å². The molecule has 0 aliphatic carbocycles. The number of aromatic nitrogens is 1. The molecule has 2 aromatic rings. The van der Waals surface area contributed by atoms with Crippen LogP contribution in [0.3, 0.4) is 0 Å². The Bertz CT molecular complexity index is 465. The molecule has 1 aromatic heterocycles. The minimum absolute atomic E-state index is 0.0419. The molecule has 3 nitrogen and oxygen atoms in total. The molecule has 0 saturated carbocycles. The van der Waals surface area contributed by atoms with Crippen LogP contribution in [0.4, 0.5) is 0 Å². The summed E-state index contributed by atoms with van der Waals surface area (Å²) >= 11 is 2.95. The van der Waals surface area contributed by atoms with E-state index in [4.69, 9.17) is 5.11 Å². The predicted octanol–water partition coefficient (Wildman–Crippen LogP) is 2.82. The van der Waals surface area contributed by atoms with Crippen molar-refractivity contribution in [3.63, 3.8) is 0 Å². The summed E-state index contributed by atoms with van der Waals surface area (Å²) in [5.41, 5.74) is 0.613. The van der Waals surface area contributed by atoms with Gasteiger partial charge in [0.05, 0.1) is 5.75 Å². The molecule has 0 unspecified atom stereocenters. The van der Waals surface area contributed by atoms with Crippen LogP contribution in [0.1, 0.15) is 10.4 Å². The first kappa shape index (κ1) is 11.2. The minimum Gasteiger partial charge on any atom is -0.508 e. The minimum atomic E-state index is 0.0419. The molecule has 0 fully saturated rings. The summed E-state index contributed by atoms with van der Waals surface area (Å²) < 4.78 is 0.895. The monoisotopic (exact) mass is 251 g/mol. The number of thiazole rings is 1. The summed E-state index contributed by atoms with van der Waals surface area (Å²) in [5.74, 6) is 0.586. The van der Waals surface area contributed by atoms with Crippen molar-refractivity contribution in [2.45, 2.75) is 4.34 Å². The normalized spacial score (nSPS) is 10.2. The lowest BCUT2D eigenvalue weighted by Crippen LogP contribution is -2.01. The highest BCUT2D eigenvalue weighted by Gasteiger charge is 2.07. The Morgan fingerprint density at radius 2 is 2.12 bits per heavy atom. The zero-order valence-corrected chi connectivity index (χ0v) is 9.92. The average Bonchev–Trinajstić information content (AvgIpc) is 2.80. The molecule has 82 valence electrons. The van der Waals surface area contributed by atoms with Crippen molar-refractivity contribution >= 4 is 28.9 Å². The maximum Gasteiger partial charge on any atom is 0.173 e. The fourth-order valence-electron chi connectivity index (χ4n) is 1.14. The first-order valence-corrected chi connectivity index (χ1v) is 6.47. The molecule has 0 amide bonds. The summed E-state index contributed by atoms with van der Waals surface area (Å²) in [4.78, 5) is 15.8. The number of benzene rings is 1. The number of phenols is 1. The lowest BCUT2D eigenvalue weighted by atomic mass is 10.1. The first-order valence-electron chi connectivity index (χ1n) is 4.60.